The summed E-state index contributed by atoms with van der Waals surface area (Å²) in [6.07, 6.45) is 5.90. The van der Waals surface area contributed by atoms with Crippen LogP contribution in [-0.4, -0.2) is 12.3 Å². The molecule has 0 saturated heterocycles. The third-order valence-electron chi connectivity index (χ3n) is 4.19. The van der Waals surface area contributed by atoms with E-state index in [1.54, 1.807) is 11.3 Å². The molecule has 1 aromatic heterocycles. The highest BCUT2D eigenvalue weighted by atomic mass is 32.1. The Bertz CT molecular complexity index is 915. The summed E-state index contributed by atoms with van der Waals surface area (Å²) in [6.45, 7) is 20.8. The molecule has 0 amide bonds. The first-order chi connectivity index (χ1) is 14.8. The number of benzene rings is 1. The maximum atomic E-state index is 4.34. The van der Waals surface area contributed by atoms with Crippen LogP contribution in [0.4, 0.5) is 5.69 Å². The van der Waals surface area contributed by atoms with Crippen LogP contribution < -0.4 is 4.90 Å². The smallest absolute Gasteiger partial charge is 0.0491 e. The number of allylic oxidation sites excluding steroid dienone is 4. The molecule has 1 heterocycles. The fraction of sp³-hybridized carbons (Fsp3) is 0.321. The Hall–Kier alpha value is -2.83. The molecule has 0 N–H and O–H groups in total. The lowest BCUT2D eigenvalue weighted by Gasteiger charge is -2.15. The van der Waals surface area contributed by atoms with Crippen LogP contribution in [0.3, 0.4) is 0 Å². The van der Waals surface area contributed by atoms with E-state index in [0.717, 1.165) is 17.8 Å². The highest BCUT2D eigenvalue weighted by Crippen LogP contribution is 2.19. The van der Waals surface area contributed by atoms with Crippen LogP contribution in [0.25, 0.3) is 5.57 Å². The Morgan fingerprint density at radius 1 is 1.13 bits per heavy atom. The largest absolute Gasteiger partial charge is 0.302 e. The van der Waals surface area contributed by atoms with Crippen molar-refractivity contribution in [3.8, 4) is 12.0 Å². The summed E-state index contributed by atoms with van der Waals surface area (Å²) < 4.78 is 0. The summed E-state index contributed by atoms with van der Waals surface area (Å²) in [5.74, 6) is 2.91. The van der Waals surface area contributed by atoms with Crippen LogP contribution in [-0.2, 0) is 0 Å². The standard InChI is InChI=1S/C12H15NS.C12H15N.C4H8/c1-9(2)11(4)13-8-10(3)12-6-5-7-14-12;1-4-9-13(5-2)12-8-6-7-11(3)10-12;1-3-4-2/h5-8H,1H2,2-4H3;6-8,10H,5H2,1-3H3;3-4H,1-2H3/b10-8+,13-11?;;4-3-. The first-order valence-corrected chi connectivity index (χ1v) is 11.4. The van der Waals surface area contributed by atoms with Gasteiger partial charge in [-0.2, -0.15) is 0 Å². The van der Waals surface area contributed by atoms with Gasteiger partial charge in [0.1, 0.15) is 0 Å². The molecule has 31 heavy (non-hydrogen) atoms. The Labute approximate surface area is 194 Å². The van der Waals surface area contributed by atoms with Crippen LogP contribution in [0.2, 0.25) is 0 Å². The summed E-state index contributed by atoms with van der Waals surface area (Å²) >= 11 is 1.73. The number of aryl methyl sites for hydroxylation is 1. The Balaban J connectivity index is 0.000000497. The molecule has 0 atom stereocenters. The fourth-order valence-electron chi connectivity index (χ4n) is 2.13. The molecule has 0 saturated carbocycles. The van der Waals surface area contributed by atoms with Crippen LogP contribution in [0, 0.1) is 18.9 Å². The van der Waals surface area contributed by atoms with E-state index in [1.165, 1.54) is 21.7 Å². The van der Waals surface area contributed by atoms with Gasteiger partial charge in [-0.15, -0.1) is 11.3 Å². The highest BCUT2D eigenvalue weighted by molar-refractivity contribution is 7.11. The molecule has 2 nitrogen and oxygen atoms in total. The van der Waals surface area contributed by atoms with Gasteiger partial charge < -0.3 is 4.90 Å². The predicted molar refractivity (Wildman–Crippen MR) is 144 cm³/mol. The summed E-state index contributed by atoms with van der Waals surface area (Å²) in [6, 6.07) is 15.6. The van der Waals surface area contributed by atoms with Gasteiger partial charge in [0.2, 0.25) is 0 Å². The molecule has 0 aliphatic rings. The lowest BCUT2D eigenvalue weighted by Crippen LogP contribution is -2.15. The molecule has 0 aliphatic heterocycles. The van der Waals surface area contributed by atoms with Gasteiger partial charge >= 0.3 is 0 Å². The molecule has 0 unspecified atom stereocenters. The lowest BCUT2D eigenvalue weighted by molar-refractivity contribution is 1.04. The van der Waals surface area contributed by atoms with Crippen molar-refractivity contribution < 1.29 is 0 Å². The monoisotopic (exact) mass is 434 g/mol. The first-order valence-electron chi connectivity index (χ1n) is 10.5. The summed E-state index contributed by atoms with van der Waals surface area (Å²) in [7, 11) is 0. The third kappa shape index (κ3) is 12.5. The number of rotatable bonds is 5. The van der Waals surface area contributed by atoms with Crippen molar-refractivity contribution in [2.45, 2.75) is 55.4 Å². The molecule has 166 valence electrons. The van der Waals surface area contributed by atoms with Gasteiger partial charge in [-0.05, 0) is 95.7 Å². The van der Waals surface area contributed by atoms with Gasteiger partial charge in [0.05, 0.1) is 0 Å². The normalized spacial score (nSPS) is 10.8. The van der Waals surface area contributed by atoms with Gasteiger partial charge in [0.15, 0.2) is 0 Å². The minimum Gasteiger partial charge on any atom is -0.302 e. The van der Waals surface area contributed by atoms with Gasteiger partial charge in [-0.1, -0.05) is 42.9 Å². The van der Waals surface area contributed by atoms with Gasteiger partial charge in [-0.3, -0.25) is 4.99 Å². The molecule has 0 bridgehead atoms. The average molecular weight is 435 g/mol. The number of hydrogen-bond donors (Lipinski definition) is 0. The van der Waals surface area contributed by atoms with Crippen molar-refractivity contribution >= 4 is 28.3 Å². The zero-order valence-electron chi connectivity index (χ0n) is 20.5. The second kappa shape index (κ2) is 16.9. The number of hydrogen-bond acceptors (Lipinski definition) is 3. The molecular weight excluding hydrogens is 396 g/mol. The van der Waals surface area contributed by atoms with E-state index in [9.17, 15) is 0 Å². The molecular formula is C28H38N2S. The van der Waals surface area contributed by atoms with E-state index in [2.05, 4.69) is 80.0 Å². The third-order valence-corrected chi connectivity index (χ3v) is 5.19. The summed E-state index contributed by atoms with van der Waals surface area (Å²) in [5.41, 5.74) is 5.65. The van der Waals surface area contributed by atoms with Gasteiger partial charge in [-0.25, -0.2) is 0 Å². The van der Waals surface area contributed by atoms with E-state index in [-0.39, 0.29) is 0 Å². The molecule has 2 rings (SSSR count). The van der Waals surface area contributed by atoms with Gasteiger partial charge in [0.25, 0.3) is 0 Å². The highest BCUT2D eigenvalue weighted by Gasteiger charge is 1.99. The predicted octanol–water partition coefficient (Wildman–Crippen LogP) is 8.53. The Morgan fingerprint density at radius 3 is 2.26 bits per heavy atom. The first kappa shape index (κ1) is 28.2. The molecule has 0 fully saturated rings. The van der Waals surface area contributed by atoms with E-state index in [4.69, 9.17) is 0 Å². The van der Waals surface area contributed by atoms with Crippen LogP contribution in [0.15, 0.2) is 77.3 Å². The molecule has 0 aliphatic carbocycles. The van der Waals surface area contributed by atoms with Crippen molar-refractivity contribution in [2.24, 2.45) is 4.99 Å². The second-order valence-corrected chi connectivity index (χ2v) is 7.84. The SMILES string of the molecule is C/C=C\C.C=C(C)C(C)=N/C=C(\C)c1cccs1.CC#CN(CC)c1cccc(C)c1. The van der Waals surface area contributed by atoms with Crippen molar-refractivity contribution in [1.82, 2.24) is 0 Å². The molecule has 2 aromatic rings. The lowest BCUT2D eigenvalue weighted by atomic mass is 10.2. The summed E-state index contributed by atoms with van der Waals surface area (Å²) in [4.78, 5) is 7.66. The quantitative estimate of drug-likeness (QED) is 0.199. The maximum absolute atomic E-state index is 4.34. The average Bonchev–Trinajstić information content (AvgIpc) is 3.31. The fourth-order valence-corrected chi connectivity index (χ4v) is 2.83. The number of thiophene rings is 1. The molecule has 0 radical (unpaired) electrons. The minimum atomic E-state index is 0.921. The van der Waals surface area contributed by atoms with E-state index >= 15 is 0 Å². The molecule has 1 aromatic carbocycles. The van der Waals surface area contributed by atoms with Crippen LogP contribution in [0.5, 0.6) is 0 Å². The van der Waals surface area contributed by atoms with Crippen molar-refractivity contribution in [3.05, 3.63) is 82.7 Å². The number of anilines is 1. The zero-order chi connectivity index (χ0) is 23.6. The minimum absolute atomic E-state index is 0.921. The van der Waals surface area contributed by atoms with Crippen LogP contribution >= 0.6 is 11.3 Å². The Kier molecular flexibility index (Phi) is 15.4. The topological polar surface area (TPSA) is 15.6 Å². The van der Waals surface area contributed by atoms with Crippen molar-refractivity contribution in [3.63, 3.8) is 0 Å². The molecule has 3 heteroatoms. The Morgan fingerprint density at radius 2 is 1.81 bits per heavy atom. The molecule has 0 spiro atoms. The summed E-state index contributed by atoms with van der Waals surface area (Å²) in [5, 5.41) is 2.07. The van der Waals surface area contributed by atoms with Crippen molar-refractivity contribution in [2.75, 3.05) is 11.4 Å². The van der Waals surface area contributed by atoms with Crippen LogP contribution in [0.1, 0.15) is 58.9 Å². The number of aliphatic imine (C=N–C) groups is 1. The maximum Gasteiger partial charge on any atom is 0.0491 e. The van der Waals surface area contributed by atoms with Gasteiger partial charge in [0, 0.05) is 35.1 Å². The number of nitrogens with zero attached hydrogens (tertiary/aromatic N) is 2. The van der Waals surface area contributed by atoms with E-state index in [1.807, 2.05) is 63.9 Å². The van der Waals surface area contributed by atoms with Crippen molar-refractivity contribution in [1.29, 1.82) is 0 Å². The second-order valence-electron chi connectivity index (χ2n) is 6.90. The van der Waals surface area contributed by atoms with E-state index in [0.29, 0.717) is 0 Å². The zero-order valence-corrected chi connectivity index (χ0v) is 21.3. The van der Waals surface area contributed by atoms with E-state index < -0.39 is 0 Å².